The van der Waals surface area contributed by atoms with Gasteiger partial charge in [-0.3, -0.25) is 9.59 Å². The SMILES string of the molecule is CC(=O)Oc1ccc(C(=O)[O-])cc1OC(C)=O.[Na+]. The van der Waals surface area contributed by atoms with Gasteiger partial charge in [-0.1, -0.05) is 0 Å². The minimum atomic E-state index is -1.42. The zero-order valence-electron chi connectivity index (χ0n) is 10.2. The Kier molecular flexibility index (Phi) is 6.61. The molecule has 0 aliphatic rings. The standard InChI is InChI=1S/C11H10O6.Na/c1-6(12)16-9-4-3-8(11(14)15)5-10(9)17-7(2)13;/h3-5H,1-2H3,(H,14,15);/q;+1/p-1. The Bertz CT molecular complexity index is 482. The molecule has 0 saturated heterocycles. The Morgan fingerprint density at radius 2 is 1.50 bits per heavy atom. The number of carbonyl (C=O) groups is 3. The number of ether oxygens (including phenoxy) is 2. The molecule has 1 aromatic rings. The first-order valence-corrected chi connectivity index (χ1v) is 4.62. The van der Waals surface area contributed by atoms with E-state index in [2.05, 4.69) is 0 Å². The first-order chi connectivity index (χ1) is 7.90. The Hall–Kier alpha value is -1.37. The van der Waals surface area contributed by atoms with E-state index in [0.29, 0.717) is 0 Å². The van der Waals surface area contributed by atoms with Crippen LogP contribution in [-0.4, -0.2) is 17.9 Å². The van der Waals surface area contributed by atoms with E-state index in [-0.39, 0.29) is 46.6 Å². The largest absolute Gasteiger partial charge is 1.00 e. The van der Waals surface area contributed by atoms with Gasteiger partial charge in [0, 0.05) is 19.4 Å². The van der Waals surface area contributed by atoms with Crippen LogP contribution in [-0.2, 0) is 9.59 Å². The summed E-state index contributed by atoms with van der Waals surface area (Å²) in [7, 11) is 0. The first-order valence-electron chi connectivity index (χ1n) is 4.62. The molecule has 0 saturated carbocycles. The molecule has 0 atom stereocenters. The molecule has 90 valence electrons. The number of carbonyl (C=O) groups excluding carboxylic acids is 3. The van der Waals surface area contributed by atoms with Crippen LogP contribution < -0.4 is 44.1 Å². The van der Waals surface area contributed by atoms with Gasteiger partial charge in [0.05, 0.1) is 5.97 Å². The maximum absolute atomic E-state index is 10.8. The topological polar surface area (TPSA) is 92.7 Å². The molecule has 18 heavy (non-hydrogen) atoms. The second-order valence-electron chi connectivity index (χ2n) is 3.14. The van der Waals surface area contributed by atoms with E-state index < -0.39 is 17.9 Å². The van der Waals surface area contributed by atoms with Crippen LogP contribution in [0.3, 0.4) is 0 Å². The van der Waals surface area contributed by atoms with Crippen molar-refractivity contribution >= 4 is 17.9 Å². The molecule has 6 nitrogen and oxygen atoms in total. The predicted molar refractivity (Wildman–Crippen MR) is 53.4 cm³/mol. The molecule has 0 aromatic heterocycles. The fourth-order valence-corrected chi connectivity index (χ4v) is 1.11. The van der Waals surface area contributed by atoms with Gasteiger partial charge in [0.15, 0.2) is 11.5 Å². The normalized spacial score (nSPS) is 9.00. The summed E-state index contributed by atoms with van der Waals surface area (Å²) in [6, 6.07) is 3.44. The molecule has 0 heterocycles. The molecular formula is C11H9NaO6. The van der Waals surface area contributed by atoms with E-state index in [1.165, 1.54) is 19.1 Å². The fraction of sp³-hybridized carbons (Fsp3) is 0.182. The van der Waals surface area contributed by atoms with Crippen molar-refractivity contribution in [3.05, 3.63) is 23.8 Å². The van der Waals surface area contributed by atoms with Gasteiger partial charge in [-0.15, -0.1) is 0 Å². The molecule has 0 spiro atoms. The van der Waals surface area contributed by atoms with Crippen LogP contribution in [0.2, 0.25) is 0 Å². The Morgan fingerprint density at radius 3 is 1.94 bits per heavy atom. The van der Waals surface area contributed by atoms with E-state index in [4.69, 9.17) is 9.47 Å². The summed E-state index contributed by atoms with van der Waals surface area (Å²) in [5.74, 6) is -2.87. The molecular weight excluding hydrogens is 251 g/mol. The minimum Gasteiger partial charge on any atom is -0.545 e. The fourth-order valence-electron chi connectivity index (χ4n) is 1.11. The van der Waals surface area contributed by atoms with Gasteiger partial charge in [0.1, 0.15) is 0 Å². The predicted octanol–water partition coefficient (Wildman–Crippen LogP) is -3.10. The van der Waals surface area contributed by atoms with Crippen molar-refractivity contribution in [2.45, 2.75) is 13.8 Å². The maximum Gasteiger partial charge on any atom is 1.00 e. The van der Waals surface area contributed by atoms with Crippen molar-refractivity contribution < 1.29 is 58.5 Å². The maximum atomic E-state index is 10.8. The summed E-state index contributed by atoms with van der Waals surface area (Å²) in [4.78, 5) is 32.2. The van der Waals surface area contributed by atoms with Gasteiger partial charge < -0.3 is 19.4 Å². The third kappa shape index (κ3) is 4.87. The number of esters is 2. The Labute approximate surface area is 125 Å². The van der Waals surface area contributed by atoms with Crippen molar-refractivity contribution in [2.75, 3.05) is 0 Å². The molecule has 0 aliphatic carbocycles. The smallest absolute Gasteiger partial charge is 0.545 e. The molecule has 0 unspecified atom stereocenters. The van der Waals surface area contributed by atoms with Gasteiger partial charge in [-0.25, -0.2) is 0 Å². The van der Waals surface area contributed by atoms with Gasteiger partial charge in [-0.05, 0) is 18.2 Å². The van der Waals surface area contributed by atoms with Crippen LogP contribution in [0.1, 0.15) is 24.2 Å². The Balaban J connectivity index is 0.00000289. The van der Waals surface area contributed by atoms with Gasteiger partial charge >= 0.3 is 41.5 Å². The number of benzene rings is 1. The van der Waals surface area contributed by atoms with Crippen molar-refractivity contribution in [2.24, 2.45) is 0 Å². The van der Waals surface area contributed by atoms with Crippen LogP contribution in [0.25, 0.3) is 0 Å². The Morgan fingerprint density at radius 1 is 1.00 bits per heavy atom. The molecule has 0 bridgehead atoms. The van der Waals surface area contributed by atoms with E-state index in [0.717, 1.165) is 13.0 Å². The number of carboxylic acids is 1. The number of hydrogen-bond acceptors (Lipinski definition) is 6. The summed E-state index contributed by atoms with van der Waals surface area (Å²) in [6.45, 7) is 2.31. The van der Waals surface area contributed by atoms with Gasteiger partial charge in [0.25, 0.3) is 0 Å². The van der Waals surface area contributed by atoms with E-state index >= 15 is 0 Å². The number of hydrogen-bond donors (Lipinski definition) is 0. The van der Waals surface area contributed by atoms with Crippen LogP contribution in [0, 0.1) is 0 Å². The summed E-state index contributed by atoms with van der Waals surface area (Å²) >= 11 is 0. The number of aromatic carboxylic acids is 1. The summed E-state index contributed by atoms with van der Waals surface area (Å²) in [5, 5.41) is 10.6. The van der Waals surface area contributed by atoms with Crippen molar-refractivity contribution in [3.8, 4) is 11.5 Å². The number of carboxylic acid groups (broad SMARTS) is 1. The third-order valence-corrected chi connectivity index (χ3v) is 1.69. The first kappa shape index (κ1) is 16.6. The molecule has 0 radical (unpaired) electrons. The molecule has 7 heteroatoms. The second kappa shape index (κ2) is 7.15. The molecule has 0 N–H and O–H groups in total. The van der Waals surface area contributed by atoms with Crippen LogP contribution in [0.5, 0.6) is 11.5 Å². The molecule has 0 aliphatic heterocycles. The quantitative estimate of drug-likeness (QED) is 0.325. The summed E-state index contributed by atoms with van der Waals surface area (Å²) < 4.78 is 9.48. The van der Waals surface area contributed by atoms with Crippen LogP contribution in [0.15, 0.2) is 18.2 Å². The second-order valence-corrected chi connectivity index (χ2v) is 3.14. The van der Waals surface area contributed by atoms with Gasteiger partial charge in [0.2, 0.25) is 0 Å². The minimum absolute atomic E-state index is 0. The molecule has 0 amide bonds. The summed E-state index contributed by atoms with van der Waals surface area (Å²) in [5.41, 5.74) is -0.183. The zero-order valence-corrected chi connectivity index (χ0v) is 12.2. The van der Waals surface area contributed by atoms with E-state index in [1.807, 2.05) is 0 Å². The molecule has 1 rings (SSSR count). The van der Waals surface area contributed by atoms with Crippen molar-refractivity contribution in [3.63, 3.8) is 0 Å². The monoisotopic (exact) mass is 260 g/mol. The van der Waals surface area contributed by atoms with Gasteiger partial charge in [-0.2, -0.15) is 0 Å². The summed E-state index contributed by atoms with van der Waals surface area (Å²) in [6.07, 6.45) is 0. The number of rotatable bonds is 3. The third-order valence-electron chi connectivity index (χ3n) is 1.69. The van der Waals surface area contributed by atoms with E-state index in [1.54, 1.807) is 0 Å². The van der Waals surface area contributed by atoms with Crippen LogP contribution in [0.4, 0.5) is 0 Å². The van der Waals surface area contributed by atoms with Crippen molar-refractivity contribution in [1.29, 1.82) is 0 Å². The van der Waals surface area contributed by atoms with Crippen molar-refractivity contribution in [1.82, 2.24) is 0 Å². The van der Waals surface area contributed by atoms with Crippen LogP contribution >= 0.6 is 0 Å². The zero-order chi connectivity index (χ0) is 13.0. The molecule has 1 aromatic carbocycles. The molecule has 0 fully saturated rings. The average Bonchev–Trinajstić information content (AvgIpc) is 2.18. The average molecular weight is 260 g/mol. The van der Waals surface area contributed by atoms with E-state index in [9.17, 15) is 19.5 Å².